The van der Waals surface area contributed by atoms with Crippen LogP contribution in [0.15, 0.2) is 12.3 Å². The maximum atomic E-state index is 5.05. The first kappa shape index (κ1) is 20.6. The van der Waals surface area contributed by atoms with Crippen molar-refractivity contribution in [2.45, 2.75) is 65.2 Å². The van der Waals surface area contributed by atoms with Gasteiger partial charge in [-0.3, -0.25) is 4.98 Å². The molecule has 0 aromatic carbocycles. The van der Waals surface area contributed by atoms with Gasteiger partial charge in [0.15, 0.2) is 0 Å². The van der Waals surface area contributed by atoms with E-state index in [9.17, 15) is 0 Å². The summed E-state index contributed by atoms with van der Waals surface area (Å²) in [6, 6.07) is 2.08. The van der Waals surface area contributed by atoms with Crippen LogP contribution in [-0.4, -0.2) is 33.0 Å². The van der Waals surface area contributed by atoms with Gasteiger partial charge in [-0.25, -0.2) is 9.97 Å². The maximum Gasteiger partial charge on any atom is 0.224 e. The van der Waals surface area contributed by atoms with Crippen molar-refractivity contribution in [3.63, 3.8) is 0 Å². The van der Waals surface area contributed by atoms with Crippen LogP contribution in [0.4, 0.5) is 11.8 Å². The van der Waals surface area contributed by atoms with Gasteiger partial charge in [-0.2, -0.15) is 4.98 Å². The van der Waals surface area contributed by atoms with Gasteiger partial charge in [-0.1, -0.05) is 20.3 Å². The van der Waals surface area contributed by atoms with Gasteiger partial charge in [0, 0.05) is 25.2 Å². The molecular formula is C24H32N6S. The number of aromatic nitrogens is 4. The van der Waals surface area contributed by atoms with E-state index in [-0.39, 0.29) is 0 Å². The van der Waals surface area contributed by atoms with Crippen molar-refractivity contribution in [1.82, 2.24) is 19.9 Å². The Balaban J connectivity index is 1.49. The van der Waals surface area contributed by atoms with Crippen LogP contribution in [0.2, 0.25) is 0 Å². The average Bonchev–Trinajstić information content (AvgIpc) is 3.69. The van der Waals surface area contributed by atoms with Crippen molar-refractivity contribution in [2.75, 3.05) is 23.7 Å². The number of hydrogen-bond donors (Lipinski definition) is 2. The van der Waals surface area contributed by atoms with Crippen molar-refractivity contribution in [3.05, 3.63) is 23.7 Å². The quantitative estimate of drug-likeness (QED) is 0.406. The summed E-state index contributed by atoms with van der Waals surface area (Å²) in [5, 5.41) is 8.05. The van der Waals surface area contributed by atoms with Crippen molar-refractivity contribution in [2.24, 2.45) is 11.8 Å². The van der Waals surface area contributed by atoms with Crippen molar-refractivity contribution in [3.8, 4) is 10.6 Å². The largest absolute Gasteiger partial charge is 0.369 e. The molecule has 0 radical (unpaired) electrons. The molecule has 1 atom stereocenters. The number of fused-ring (bicyclic) bond motifs is 1. The van der Waals surface area contributed by atoms with Crippen LogP contribution in [-0.2, 0) is 0 Å². The normalized spacial score (nSPS) is 17.1. The third kappa shape index (κ3) is 4.66. The Labute approximate surface area is 188 Å². The lowest BCUT2D eigenvalue weighted by Crippen LogP contribution is -2.13. The first-order valence-corrected chi connectivity index (χ1v) is 12.6. The highest BCUT2D eigenvalue weighted by Gasteiger charge is 2.29. The molecule has 0 saturated heterocycles. The second-order valence-corrected chi connectivity index (χ2v) is 10.3. The van der Waals surface area contributed by atoms with Crippen molar-refractivity contribution in [1.29, 1.82) is 0 Å². The molecule has 2 saturated carbocycles. The predicted octanol–water partition coefficient (Wildman–Crippen LogP) is 6.00. The average molecular weight is 437 g/mol. The Kier molecular flexibility index (Phi) is 5.78. The van der Waals surface area contributed by atoms with E-state index >= 15 is 0 Å². The third-order valence-corrected chi connectivity index (χ3v) is 7.51. The summed E-state index contributed by atoms with van der Waals surface area (Å²) in [5.74, 6) is 3.68. The van der Waals surface area contributed by atoms with Gasteiger partial charge in [0.25, 0.3) is 0 Å². The SMILES string of the molecule is CC[C@H](C)CCNc1nc(NCC2CC2)nc(C)c1-c1nc2c(C3CC3)nccc2s1. The molecule has 3 heterocycles. The minimum Gasteiger partial charge on any atom is -0.369 e. The molecule has 0 spiro atoms. The van der Waals surface area contributed by atoms with E-state index in [0.29, 0.717) is 11.8 Å². The highest BCUT2D eigenvalue weighted by Crippen LogP contribution is 2.44. The topological polar surface area (TPSA) is 75.6 Å². The van der Waals surface area contributed by atoms with Gasteiger partial charge in [-0.05, 0) is 56.9 Å². The Hall–Kier alpha value is -2.28. The minimum atomic E-state index is 0.582. The second kappa shape index (κ2) is 8.69. The van der Waals surface area contributed by atoms with Crippen LogP contribution in [0.5, 0.6) is 0 Å². The molecule has 2 N–H and O–H groups in total. The molecule has 7 heteroatoms. The molecule has 0 bridgehead atoms. The lowest BCUT2D eigenvalue weighted by atomic mass is 10.1. The lowest BCUT2D eigenvalue weighted by molar-refractivity contribution is 0.531. The van der Waals surface area contributed by atoms with E-state index in [1.165, 1.54) is 36.8 Å². The number of pyridine rings is 1. The second-order valence-electron chi connectivity index (χ2n) is 9.25. The lowest BCUT2D eigenvalue weighted by Gasteiger charge is -2.15. The molecule has 164 valence electrons. The summed E-state index contributed by atoms with van der Waals surface area (Å²) in [6.45, 7) is 8.49. The molecule has 2 fully saturated rings. The molecule has 2 aliphatic carbocycles. The van der Waals surface area contributed by atoms with Gasteiger partial charge < -0.3 is 10.6 Å². The Morgan fingerprint density at radius 2 is 1.97 bits per heavy atom. The van der Waals surface area contributed by atoms with Gasteiger partial charge in [0.05, 0.1) is 21.7 Å². The highest BCUT2D eigenvalue weighted by atomic mass is 32.1. The van der Waals surface area contributed by atoms with E-state index in [1.54, 1.807) is 11.3 Å². The number of nitrogens with one attached hydrogen (secondary N) is 2. The number of nitrogens with zero attached hydrogens (tertiary/aromatic N) is 4. The standard InChI is InChI=1S/C24H32N6S/c1-4-14(2)9-11-26-22-19(15(3)28-24(30-22)27-13-16-5-6-16)23-29-21-18(31-23)10-12-25-20(21)17-7-8-17/h10,12,14,16-17H,4-9,11,13H2,1-3H3,(H2,26,27,28,30)/t14-/m0/s1. The highest BCUT2D eigenvalue weighted by molar-refractivity contribution is 7.21. The molecule has 31 heavy (non-hydrogen) atoms. The molecule has 2 aliphatic rings. The first-order valence-electron chi connectivity index (χ1n) is 11.7. The summed E-state index contributed by atoms with van der Waals surface area (Å²) in [6.07, 6.45) is 9.33. The zero-order chi connectivity index (χ0) is 21.4. The summed E-state index contributed by atoms with van der Waals surface area (Å²) < 4.78 is 1.20. The van der Waals surface area contributed by atoms with Crippen LogP contribution in [0.25, 0.3) is 20.8 Å². The Bertz CT molecular complexity index is 1070. The zero-order valence-corrected chi connectivity index (χ0v) is 19.6. The van der Waals surface area contributed by atoms with Crippen molar-refractivity contribution >= 4 is 33.3 Å². The molecule has 0 unspecified atom stereocenters. The fourth-order valence-electron chi connectivity index (χ4n) is 3.87. The van der Waals surface area contributed by atoms with Crippen LogP contribution in [0.3, 0.4) is 0 Å². The monoisotopic (exact) mass is 436 g/mol. The van der Waals surface area contributed by atoms with Gasteiger partial charge in [-0.15, -0.1) is 11.3 Å². The number of aryl methyl sites for hydroxylation is 1. The summed E-state index contributed by atoms with van der Waals surface area (Å²) >= 11 is 1.72. The van der Waals surface area contributed by atoms with Crippen LogP contribution < -0.4 is 10.6 Å². The van der Waals surface area contributed by atoms with Crippen LogP contribution in [0.1, 0.15) is 69.7 Å². The predicted molar refractivity (Wildman–Crippen MR) is 129 cm³/mol. The number of rotatable bonds is 10. The molecule has 6 nitrogen and oxygen atoms in total. The van der Waals surface area contributed by atoms with Gasteiger partial charge in [0.2, 0.25) is 5.95 Å². The zero-order valence-electron chi connectivity index (χ0n) is 18.7. The van der Waals surface area contributed by atoms with E-state index in [1.807, 2.05) is 6.20 Å². The van der Waals surface area contributed by atoms with E-state index in [0.717, 1.165) is 64.7 Å². The van der Waals surface area contributed by atoms with E-state index in [2.05, 4.69) is 42.5 Å². The number of thiazole rings is 1. The maximum absolute atomic E-state index is 5.05. The molecular weight excluding hydrogens is 404 g/mol. The fourth-order valence-corrected chi connectivity index (χ4v) is 4.94. The smallest absolute Gasteiger partial charge is 0.224 e. The number of hydrogen-bond acceptors (Lipinski definition) is 7. The van der Waals surface area contributed by atoms with Gasteiger partial charge in [0.1, 0.15) is 16.3 Å². The van der Waals surface area contributed by atoms with Crippen molar-refractivity contribution < 1.29 is 0 Å². The Morgan fingerprint density at radius 1 is 1.13 bits per heavy atom. The van der Waals surface area contributed by atoms with Crippen LogP contribution in [0, 0.1) is 18.8 Å². The third-order valence-electron chi connectivity index (χ3n) is 6.48. The molecule has 0 aliphatic heterocycles. The first-order chi connectivity index (χ1) is 15.1. The summed E-state index contributed by atoms with van der Waals surface area (Å²) in [7, 11) is 0. The summed E-state index contributed by atoms with van der Waals surface area (Å²) in [4.78, 5) is 19.4. The fraction of sp³-hybridized carbons (Fsp3) is 0.583. The number of anilines is 2. The van der Waals surface area contributed by atoms with E-state index in [4.69, 9.17) is 15.0 Å². The Morgan fingerprint density at radius 3 is 2.71 bits per heavy atom. The molecule has 0 amide bonds. The minimum absolute atomic E-state index is 0.582. The van der Waals surface area contributed by atoms with Crippen LogP contribution >= 0.6 is 11.3 Å². The van der Waals surface area contributed by atoms with Gasteiger partial charge >= 0.3 is 0 Å². The molecule has 5 rings (SSSR count). The summed E-state index contributed by atoms with van der Waals surface area (Å²) in [5.41, 5.74) is 4.22. The van der Waals surface area contributed by atoms with E-state index < -0.39 is 0 Å². The molecule has 3 aromatic heterocycles. The molecule has 3 aromatic rings.